The van der Waals surface area contributed by atoms with Gasteiger partial charge in [0.2, 0.25) is 0 Å². The zero-order valence-electron chi connectivity index (χ0n) is 10.3. The molecule has 0 radical (unpaired) electrons. The lowest BCUT2D eigenvalue weighted by Gasteiger charge is -2.16. The van der Waals surface area contributed by atoms with Gasteiger partial charge in [-0.1, -0.05) is 43.0 Å². The fourth-order valence-corrected chi connectivity index (χ4v) is 3.01. The van der Waals surface area contributed by atoms with E-state index in [1.807, 2.05) is 0 Å². The summed E-state index contributed by atoms with van der Waals surface area (Å²) in [6.07, 6.45) is 3.49. The molecule has 1 aromatic carbocycles. The minimum Gasteiger partial charge on any atom is -0.380 e. The van der Waals surface area contributed by atoms with Crippen LogP contribution in [0.15, 0.2) is 6.07 Å². The minimum atomic E-state index is 0.355. The molecule has 1 N–H and O–H groups in total. The molecule has 1 aromatic heterocycles. The summed E-state index contributed by atoms with van der Waals surface area (Å²) in [4.78, 5) is 0. The second-order valence-electron chi connectivity index (χ2n) is 4.36. The van der Waals surface area contributed by atoms with Crippen LogP contribution in [0.1, 0.15) is 33.1 Å². The van der Waals surface area contributed by atoms with E-state index in [1.54, 1.807) is 6.07 Å². The van der Waals surface area contributed by atoms with Crippen LogP contribution < -0.4 is 5.32 Å². The molecule has 0 amide bonds. The molecule has 1 unspecified atom stereocenters. The van der Waals surface area contributed by atoms with Gasteiger partial charge in [0.05, 0.1) is 27.5 Å². The van der Waals surface area contributed by atoms with Crippen molar-refractivity contribution < 1.29 is 0 Å². The Morgan fingerprint density at radius 1 is 1.28 bits per heavy atom. The first-order chi connectivity index (χ1) is 8.63. The van der Waals surface area contributed by atoms with Crippen LogP contribution in [-0.4, -0.2) is 14.8 Å². The summed E-state index contributed by atoms with van der Waals surface area (Å²) in [6.45, 7) is 4.33. The Morgan fingerprint density at radius 3 is 2.72 bits per heavy atom. The molecule has 0 aliphatic heterocycles. The van der Waals surface area contributed by atoms with E-state index in [0.29, 0.717) is 16.1 Å². The van der Waals surface area contributed by atoms with Crippen LogP contribution in [0, 0.1) is 0 Å². The molecule has 1 atom stereocenters. The Morgan fingerprint density at radius 2 is 2.00 bits per heavy atom. The topological polar surface area (TPSA) is 37.8 Å². The van der Waals surface area contributed by atoms with E-state index in [1.165, 1.54) is 12.8 Å². The van der Waals surface area contributed by atoms with Gasteiger partial charge in [-0.3, -0.25) is 0 Å². The maximum Gasteiger partial charge on any atom is 0.130 e. The maximum atomic E-state index is 6.23. The Bertz CT molecular complexity index is 541. The molecule has 3 nitrogen and oxygen atoms in total. The lowest BCUT2D eigenvalue weighted by molar-refractivity contribution is 0.645. The number of anilines is 1. The van der Waals surface area contributed by atoms with E-state index >= 15 is 0 Å². The Balaban J connectivity index is 2.29. The van der Waals surface area contributed by atoms with Gasteiger partial charge in [0, 0.05) is 6.04 Å². The summed E-state index contributed by atoms with van der Waals surface area (Å²) < 4.78 is 8.46. The number of nitrogens with one attached hydrogen (secondary N) is 1. The summed E-state index contributed by atoms with van der Waals surface area (Å²) in [6, 6.07) is 2.08. The van der Waals surface area contributed by atoms with Gasteiger partial charge in [-0.25, -0.2) is 0 Å². The van der Waals surface area contributed by atoms with Gasteiger partial charge in [-0.2, -0.15) is 8.75 Å². The summed E-state index contributed by atoms with van der Waals surface area (Å²) in [5.41, 5.74) is 2.32. The number of benzene rings is 1. The largest absolute Gasteiger partial charge is 0.380 e. The van der Waals surface area contributed by atoms with Gasteiger partial charge in [0.15, 0.2) is 0 Å². The Kier molecular flexibility index (Phi) is 4.65. The van der Waals surface area contributed by atoms with E-state index < -0.39 is 0 Å². The maximum absolute atomic E-state index is 6.23. The highest BCUT2D eigenvalue weighted by molar-refractivity contribution is 7.00. The number of halogens is 2. The van der Waals surface area contributed by atoms with Crippen molar-refractivity contribution in [2.45, 2.75) is 39.2 Å². The molecule has 0 aliphatic carbocycles. The third kappa shape index (κ3) is 2.87. The monoisotopic (exact) mass is 303 g/mol. The SMILES string of the molecule is CCCCC(C)Nc1c(Cl)cc(Cl)c2nsnc12. The lowest BCUT2D eigenvalue weighted by atomic mass is 10.1. The zero-order valence-corrected chi connectivity index (χ0v) is 12.7. The van der Waals surface area contributed by atoms with Crippen molar-refractivity contribution in [2.24, 2.45) is 0 Å². The number of fused-ring (bicyclic) bond motifs is 1. The zero-order chi connectivity index (χ0) is 13.1. The van der Waals surface area contributed by atoms with Crippen LogP contribution in [-0.2, 0) is 0 Å². The Hall–Kier alpha value is -0.580. The predicted octanol–water partition coefficient (Wildman–Crippen LogP) is 4.99. The lowest BCUT2D eigenvalue weighted by Crippen LogP contribution is -2.15. The van der Waals surface area contributed by atoms with Gasteiger partial charge in [0.1, 0.15) is 11.0 Å². The molecule has 98 valence electrons. The van der Waals surface area contributed by atoms with E-state index in [-0.39, 0.29) is 0 Å². The van der Waals surface area contributed by atoms with Gasteiger partial charge >= 0.3 is 0 Å². The number of hydrogen-bond acceptors (Lipinski definition) is 4. The van der Waals surface area contributed by atoms with Crippen molar-refractivity contribution >= 4 is 51.7 Å². The van der Waals surface area contributed by atoms with Crippen LogP contribution in [0.25, 0.3) is 11.0 Å². The number of hydrogen-bond donors (Lipinski definition) is 1. The predicted molar refractivity (Wildman–Crippen MR) is 80.0 cm³/mol. The molecular weight excluding hydrogens is 289 g/mol. The smallest absolute Gasteiger partial charge is 0.130 e. The van der Waals surface area contributed by atoms with E-state index in [2.05, 4.69) is 27.9 Å². The molecule has 0 saturated carbocycles. The molecule has 2 aromatic rings. The average molecular weight is 304 g/mol. The molecule has 0 fully saturated rings. The van der Waals surface area contributed by atoms with Gasteiger partial charge in [0.25, 0.3) is 0 Å². The molecule has 0 bridgehead atoms. The molecular formula is C12H15Cl2N3S. The fraction of sp³-hybridized carbons (Fsp3) is 0.500. The highest BCUT2D eigenvalue weighted by Crippen LogP contribution is 2.35. The van der Waals surface area contributed by atoms with Crippen LogP contribution in [0.4, 0.5) is 5.69 Å². The average Bonchev–Trinajstić information content (AvgIpc) is 2.81. The number of aromatic nitrogens is 2. The van der Waals surface area contributed by atoms with Crippen LogP contribution >= 0.6 is 34.9 Å². The quantitative estimate of drug-likeness (QED) is 0.845. The first-order valence-electron chi connectivity index (χ1n) is 6.00. The van der Waals surface area contributed by atoms with Crippen LogP contribution in [0.2, 0.25) is 10.0 Å². The molecule has 18 heavy (non-hydrogen) atoms. The molecule has 1 heterocycles. The van der Waals surface area contributed by atoms with Crippen molar-refractivity contribution in [3.8, 4) is 0 Å². The van der Waals surface area contributed by atoms with Crippen molar-refractivity contribution in [1.82, 2.24) is 8.75 Å². The first kappa shape index (κ1) is 13.8. The van der Waals surface area contributed by atoms with Crippen molar-refractivity contribution in [3.63, 3.8) is 0 Å². The summed E-state index contributed by atoms with van der Waals surface area (Å²) >= 11 is 13.5. The van der Waals surface area contributed by atoms with E-state index in [0.717, 1.165) is 34.9 Å². The third-order valence-electron chi connectivity index (χ3n) is 2.83. The number of rotatable bonds is 5. The van der Waals surface area contributed by atoms with E-state index in [4.69, 9.17) is 23.2 Å². The van der Waals surface area contributed by atoms with Gasteiger partial charge in [-0.05, 0) is 19.4 Å². The summed E-state index contributed by atoms with van der Waals surface area (Å²) in [5, 5.41) is 4.57. The highest BCUT2D eigenvalue weighted by atomic mass is 35.5. The van der Waals surface area contributed by atoms with Crippen molar-refractivity contribution in [2.75, 3.05) is 5.32 Å². The normalized spacial score (nSPS) is 12.9. The minimum absolute atomic E-state index is 0.355. The van der Waals surface area contributed by atoms with Crippen molar-refractivity contribution in [1.29, 1.82) is 0 Å². The van der Waals surface area contributed by atoms with Crippen molar-refractivity contribution in [3.05, 3.63) is 16.1 Å². The van der Waals surface area contributed by atoms with Gasteiger partial charge < -0.3 is 5.32 Å². The fourth-order valence-electron chi connectivity index (χ4n) is 1.84. The molecule has 0 saturated heterocycles. The summed E-state index contributed by atoms with van der Waals surface area (Å²) in [5.74, 6) is 0. The Labute approximate surface area is 121 Å². The highest BCUT2D eigenvalue weighted by Gasteiger charge is 2.15. The van der Waals surface area contributed by atoms with Crippen LogP contribution in [0.5, 0.6) is 0 Å². The molecule has 0 aliphatic rings. The standard InChI is InChI=1S/C12H15Cl2N3S/c1-3-4-5-7(2)15-10-8(13)6-9(14)11-12(10)17-18-16-11/h6-7,15H,3-5H2,1-2H3. The van der Waals surface area contributed by atoms with Gasteiger partial charge in [-0.15, -0.1) is 0 Å². The first-order valence-corrected chi connectivity index (χ1v) is 7.49. The second kappa shape index (κ2) is 6.04. The molecule has 2 rings (SSSR count). The van der Waals surface area contributed by atoms with E-state index in [9.17, 15) is 0 Å². The number of unbranched alkanes of at least 4 members (excludes halogenated alkanes) is 1. The summed E-state index contributed by atoms with van der Waals surface area (Å²) in [7, 11) is 0. The molecule has 6 heteroatoms. The number of nitrogens with zero attached hydrogens (tertiary/aromatic N) is 2. The second-order valence-corrected chi connectivity index (χ2v) is 5.71. The van der Waals surface area contributed by atoms with Crippen LogP contribution in [0.3, 0.4) is 0 Å². The third-order valence-corrected chi connectivity index (χ3v) is 3.94. The molecule has 0 spiro atoms.